The number of amides is 4. The number of rotatable bonds is 11. The zero-order chi connectivity index (χ0) is 32.7. The third kappa shape index (κ3) is 8.13. The van der Waals surface area contributed by atoms with Gasteiger partial charge in [-0.15, -0.1) is 0 Å². The van der Waals surface area contributed by atoms with Gasteiger partial charge in [-0.3, -0.25) is 39.8 Å². The summed E-state index contributed by atoms with van der Waals surface area (Å²) in [5.74, 6) is 0.114. The van der Waals surface area contributed by atoms with Crippen molar-refractivity contribution in [3.05, 3.63) is 57.3 Å². The van der Waals surface area contributed by atoms with Crippen LogP contribution in [-0.2, 0) is 19.2 Å². The Kier molecular flexibility index (Phi) is 11.4. The van der Waals surface area contributed by atoms with Gasteiger partial charge in [0.05, 0.1) is 38.2 Å². The van der Waals surface area contributed by atoms with Crippen molar-refractivity contribution >= 4 is 92.4 Å². The predicted molar refractivity (Wildman–Crippen MR) is 180 cm³/mol. The minimum absolute atomic E-state index is 0.00524. The van der Waals surface area contributed by atoms with Crippen LogP contribution in [0.1, 0.15) is 17.5 Å². The van der Waals surface area contributed by atoms with E-state index in [4.69, 9.17) is 43.4 Å². The summed E-state index contributed by atoms with van der Waals surface area (Å²) in [6, 6.07) is 10.4. The molecular formula is C29H28N4O8S4. The van der Waals surface area contributed by atoms with Crippen molar-refractivity contribution < 1.29 is 38.1 Å². The molecule has 45 heavy (non-hydrogen) atoms. The molecule has 2 fully saturated rings. The smallest absolute Gasteiger partial charge is 0.266 e. The summed E-state index contributed by atoms with van der Waals surface area (Å²) >= 11 is 12.8. The lowest BCUT2D eigenvalue weighted by Crippen LogP contribution is -2.48. The van der Waals surface area contributed by atoms with E-state index in [1.807, 2.05) is 0 Å². The molecule has 2 saturated heterocycles. The van der Waals surface area contributed by atoms with E-state index >= 15 is 0 Å². The van der Waals surface area contributed by atoms with Gasteiger partial charge in [-0.1, -0.05) is 60.1 Å². The maximum absolute atomic E-state index is 13.0. The summed E-state index contributed by atoms with van der Waals surface area (Å²) in [4.78, 5) is 54.1. The molecule has 2 aromatic rings. The number of nitrogens with one attached hydrogen (secondary N) is 2. The first kappa shape index (κ1) is 33.8. The van der Waals surface area contributed by atoms with Crippen LogP contribution in [0.5, 0.6) is 23.0 Å². The van der Waals surface area contributed by atoms with Crippen LogP contribution >= 0.6 is 48.0 Å². The van der Waals surface area contributed by atoms with Crippen molar-refractivity contribution in [1.82, 2.24) is 20.7 Å². The lowest BCUT2D eigenvalue weighted by molar-refractivity contribution is -0.131. The van der Waals surface area contributed by atoms with Crippen LogP contribution in [0, 0.1) is 0 Å². The third-order valence-electron chi connectivity index (χ3n) is 6.36. The summed E-state index contributed by atoms with van der Waals surface area (Å²) in [5.41, 5.74) is 5.97. The number of thiocarbonyl (C=S) groups is 2. The second kappa shape index (κ2) is 15.2. The monoisotopic (exact) mass is 688 g/mol. The average Bonchev–Trinajstić information content (AvgIpc) is 3.45. The van der Waals surface area contributed by atoms with Gasteiger partial charge in [0.1, 0.15) is 15.2 Å². The van der Waals surface area contributed by atoms with Crippen LogP contribution in [0.15, 0.2) is 46.2 Å². The number of hydrazine groups is 1. The molecule has 0 atom stereocenters. The van der Waals surface area contributed by atoms with Crippen LogP contribution in [0.25, 0.3) is 12.2 Å². The van der Waals surface area contributed by atoms with Crippen molar-refractivity contribution in [3.63, 3.8) is 0 Å². The fraction of sp³-hybridized carbons (Fsp3) is 0.241. The van der Waals surface area contributed by atoms with Gasteiger partial charge < -0.3 is 18.9 Å². The molecule has 2 aliphatic heterocycles. The zero-order valence-electron chi connectivity index (χ0n) is 24.5. The molecule has 0 unspecified atom stereocenters. The first-order valence-electron chi connectivity index (χ1n) is 13.1. The van der Waals surface area contributed by atoms with E-state index in [0.29, 0.717) is 48.3 Å². The topological polar surface area (TPSA) is 136 Å². The highest BCUT2D eigenvalue weighted by Gasteiger charge is 2.34. The minimum Gasteiger partial charge on any atom is -0.493 e. The predicted octanol–water partition coefficient (Wildman–Crippen LogP) is 3.36. The standard InChI is InChI=1S/C29H28N4O8S4/c1-38-18-7-5-16(11-20(18)40-3)13-22-26(36)32(28(42)44-22)10-9-24(34)30-31-25(35)15-33-27(37)23(45-29(33)43)14-17-6-8-19(39-2)21(12-17)41-4/h5-8,11-14H,9-10,15H2,1-4H3,(H,30,34)(H,31,35)/b22-13+,23-14-. The van der Waals surface area contributed by atoms with Crippen molar-refractivity contribution in [2.45, 2.75) is 6.42 Å². The fourth-order valence-corrected chi connectivity index (χ4v) is 6.68. The second-order valence-electron chi connectivity index (χ2n) is 9.18. The van der Waals surface area contributed by atoms with E-state index < -0.39 is 24.3 Å². The Hall–Kier alpha value is -4.12. The number of carbonyl (C=O) groups excluding carboxylic acids is 4. The first-order chi connectivity index (χ1) is 21.6. The zero-order valence-corrected chi connectivity index (χ0v) is 27.8. The van der Waals surface area contributed by atoms with Gasteiger partial charge in [0.15, 0.2) is 23.0 Å². The average molecular weight is 689 g/mol. The molecule has 12 nitrogen and oxygen atoms in total. The molecule has 4 rings (SSSR count). The number of hydrogen-bond acceptors (Lipinski definition) is 12. The maximum atomic E-state index is 13.0. The molecule has 2 heterocycles. The Labute approximate surface area is 278 Å². The number of hydrogen-bond donors (Lipinski definition) is 2. The first-order valence-corrected chi connectivity index (χ1v) is 15.6. The number of methoxy groups -OCH3 is 4. The van der Waals surface area contributed by atoms with Crippen molar-refractivity contribution in [2.75, 3.05) is 41.5 Å². The van der Waals surface area contributed by atoms with E-state index in [0.717, 1.165) is 28.4 Å². The van der Waals surface area contributed by atoms with Gasteiger partial charge >= 0.3 is 0 Å². The summed E-state index contributed by atoms with van der Waals surface area (Å²) < 4.78 is 21.6. The van der Waals surface area contributed by atoms with Crippen LogP contribution in [0.4, 0.5) is 0 Å². The Morgan fingerprint density at radius 3 is 1.64 bits per heavy atom. The summed E-state index contributed by atoms with van der Waals surface area (Å²) in [6.45, 7) is -0.394. The van der Waals surface area contributed by atoms with E-state index in [1.54, 1.807) is 48.6 Å². The molecule has 2 aliphatic rings. The highest BCUT2D eigenvalue weighted by atomic mass is 32.2. The van der Waals surface area contributed by atoms with Gasteiger partial charge in [0, 0.05) is 13.0 Å². The second-order valence-corrected chi connectivity index (χ2v) is 12.5. The number of ether oxygens (including phenoxy) is 4. The van der Waals surface area contributed by atoms with Crippen molar-refractivity contribution in [3.8, 4) is 23.0 Å². The summed E-state index contributed by atoms with van der Waals surface area (Å²) in [7, 11) is 6.08. The molecule has 0 radical (unpaired) electrons. The highest BCUT2D eigenvalue weighted by molar-refractivity contribution is 8.27. The van der Waals surface area contributed by atoms with Gasteiger partial charge in [-0.05, 0) is 47.5 Å². The molecule has 0 bridgehead atoms. The minimum atomic E-state index is -0.657. The lowest BCUT2D eigenvalue weighted by Gasteiger charge is -2.16. The Balaban J connectivity index is 1.27. The van der Waals surface area contributed by atoms with E-state index in [1.165, 1.54) is 33.3 Å². The molecule has 0 aromatic heterocycles. The van der Waals surface area contributed by atoms with Crippen LogP contribution < -0.4 is 29.8 Å². The largest absolute Gasteiger partial charge is 0.493 e. The Morgan fingerprint density at radius 2 is 1.16 bits per heavy atom. The summed E-state index contributed by atoms with van der Waals surface area (Å²) in [6.07, 6.45) is 3.18. The van der Waals surface area contributed by atoms with Gasteiger partial charge in [0.2, 0.25) is 5.91 Å². The number of carbonyl (C=O) groups is 4. The number of thioether (sulfide) groups is 2. The van der Waals surface area contributed by atoms with Crippen LogP contribution in [-0.4, -0.2) is 83.6 Å². The number of nitrogens with zero attached hydrogens (tertiary/aromatic N) is 2. The SMILES string of the molecule is COc1ccc(/C=C2\SC(=S)N(CC(=O)NNC(=O)CCN3C(=O)/C(=C\c4ccc(OC)c(OC)c4)SC3=S)C2=O)cc1OC. The molecule has 0 spiro atoms. The quantitative estimate of drug-likeness (QED) is 0.204. The molecule has 16 heteroatoms. The Morgan fingerprint density at radius 1 is 0.711 bits per heavy atom. The fourth-order valence-electron chi connectivity index (χ4n) is 4.12. The van der Waals surface area contributed by atoms with Crippen molar-refractivity contribution in [2.24, 2.45) is 0 Å². The third-order valence-corrected chi connectivity index (χ3v) is 9.12. The number of benzene rings is 2. The van der Waals surface area contributed by atoms with Gasteiger partial charge in [-0.25, -0.2) is 0 Å². The Bertz CT molecular complexity index is 1630. The van der Waals surface area contributed by atoms with Gasteiger partial charge in [0.25, 0.3) is 17.7 Å². The molecule has 2 aromatic carbocycles. The van der Waals surface area contributed by atoms with Gasteiger partial charge in [-0.2, -0.15) is 0 Å². The normalized spacial score (nSPS) is 16.4. The molecular weight excluding hydrogens is 661 g/mol. The maximum Gasteiger partial charge on any atom is 0.266 e. The molecule has 2 N–H and O–H groups in total. The van der Waals surface area contributed by atoms with Crippen molar-refractivity contribution in [1.29, 1.82) is 0 Å². The van der Waals surface area contributed by atoms with Crippen LogP contribution in [0.3, 0.4) is 0 Å². The summed E-state index contributed by atoms with van der Waals surface area (Å²) in [5, 5.41) is 0. The van der Waals surface area contributed by atoms with Crippen LogP contribution in [0.2, 0.25) is 0 Å². The highest BCUT2D eigenvalue weighted by Crippen LogP contribution is 2.36. The molecule has 0 aliphatic carbocycles. The van der Waals surface area contributed by atoms with E-state index in [9.17, 15) is 19.2 Å². The molecule has 236 valence electrons. The van der Waals surface area contributed by atoms with E-state index in [2.05, 4.69) is 10.9 Å². The molecule has 0 saturated carbocycles. The lowest BCUT2D eigenvalue weighted by atomic mass is 10.2. The van der Waals surface area contributed by atoms with E-state index in [-0.39, 0.29) is 23.2 Å². The molecule has 4 amide bonds.